The lowest BCUT2D eigenvalue weighted by Crippen LogP contribution is -2.04. The van der Waals surface area contributed by atoms with Gasteiger partial charge in [0.25, 0.3) is 0 Å². The molecular formula is C18H24O7P2. The summed E-state index contributed by atoms with van der Waals surface area (Å²) in [5.41, 5.74) is 2.05. The second-order valence-electron chi connectivity index (χ2n) is 6.65. The lowest BCUT2D eigenvalue weighted by Gasteiger charge is -2.19. The smallest absolute Gasteiger partial charge is 0.395 e. The molecule has 0 aliphatic heterocycles. The Hall–Kier alpha value is -1.62. The topological polar surface area (TPSA) is 102 Å². The number of hydrogen-bond donors (Lipinski definition) is 2. The van der Waals surface area contributed by atoms with Gasteiger partial charge in [-0.05, 0) is 47.2 Å². The SMILES string of the molecule is CC(C)c1ccc(OP(=O)(Oc2ccc(C(C)C)cc2)OP(=O)(O)O)cc1. The van der Waals surface area contributed by atoms with Crippen LogP contribution in [0.2, 0.25) is 0 Å². The van der Waals surface area contributed by atoms with Crippen LogP contribution in [0.1, 0.15) is 50.7 Å². The molecule has 0 heterocycles. The molecule has 2 N–H and O–H groups in total. The van der Waals surface area contributed by atoms with E-state index < -0.39 is 15.6 Å². The van der Waals surface area contributed by atoms with Crippen LogP contribution in [0.5, 0.6) is 11.5 Å². The Morgan fingerprint density at radius 2 is 1.04 bits per heavy atom. The first-order valence-corrected chi connectivity index (χ1v) is 11.4. The molecule has 148 valence electrons. The van der Waals surface area contributed by atoms with E-state index in [0.29, 0.717) is 0 Å². The number of phosphoric acid groups is 2. The summed E-state index contributed by atoms with van der Waals surface area (Å²) in [6.45, 7) is 8.06. The number of phosphoric ester groups is 1. The summed E-state index contributed by atoms with van der Waals surface area (Å²) in [7, 11) is -9.75. The van der Waals surface area contributed by atoms with Crippen molar-refractivity contribution in [1.29, 1.82) is 0 Å². The standard InChI is InChI=1S/C18H24O7P2/c1-13(2)15-5-9-17(10-6-15)23-27(22,25-26(19,20)21)24-18-11-7-16(8-12-18)14(3)4/h5-14H,1-4H3,(H2,19,20,21). The predicted molar refractivity (Wildman–Crippen MR) is 103 cm³/mol. The maximum absolute atomic E-state index is 12.8. The van der Waals surface area contributed by atoms with Crippen LogP contribution in [0.25, 0.3) is 0 Å². The van der Waals surface area contributed by atoms with Gasteiger partial charge in [-0.1, -0.05) is 52.0 Å². The fourth-order valence-corrected chi connectivity index (χ4v) is 4.37. The molecule has 9 heteroatoms. The van der Waals surface area contributed by atoms with Crippen LogP contribution < -0.4 is 9.05 Å². The van der Waals surface area contributed by atoms with Crippen molar-refractivity contribution in [2.24, 2.45) is 0 Å². The van der Waals surface area contributed by atoms with Crippen molar-refractivity contribution < 1.29 is 32.3 Å². The van der Waals surface area contributed by atoms with E-state index in [4.69, 9.17) is 18.8 Å². The third kappa shape index (κ3) is 6.80. The van der Waals surface area contributed by atoms with Gasteiger partial charge in [0, 0.05) is 0 Å². The molecule has 0 unspecified atom stereocenters. The highest BCUT2D eigenvalue weighted by Gasteiger charge is 2.39. The third-order valence-electron chi connectivity index (χ3n) is 3.73. The maximum atomic E-state index is 12.8. The highest BCUT2D eigenvalue weighted by Crippen LogP contribution is 2.60. The quantitative estimate of drug-likeness (QED) is 0.541. The predicted octanol–water partition coefficient (Wildman–Crippen LogP) is 5.61. The van der Waals surface area contributed by atoms with E-state index in [0.717, 1.165) is 11.1 Å². The summed E-state index contributed by atoms with van der Waals surface area (Å²) in [6, 6.07) is 13.2. The van der Waals surface area contributed by atoms with Gasteiger partial charge in [-0.3, -0.25) is 0 Å². The molecular weight excluding hydrogens is 390 g/mol. The molecule has 27 heavy (non-hydrogen) atoms. The number of benzene rings is 2. The van der Waals surface area contributed by atoms with Crippen LogP contribution in [-0.2, 0) is 13.4 Å². The van der Waals surface area contributed by atoms with Gasteiger partial charge in [-0.15, -0.1) is 0 Å². The van der Waals surface area contributed by atoms with Gasteiger partial charge in [0.1, 0.15) is 11.5 Å². The monoisotopic (exact) mass is 414 g/mol. The molecule has 0 fully saturated rings. The average molecular weight is 414 g/mol. The molecule has 0 bridgehead atoms. The number of hydrogen-bond acceptors (Lipinski definition) is 5. The van der Waals surface area contributed by atoms with Gasteiger partial charge >= 0.3 is 15.6 Å². The minimum Gasteiger partial charge on any atom is -0.395 e. The minimum absolute atomic E-state index is 0.106. The van der Waals surface area contributed by atoms with Crippen molar-refractivity contribution in [3.63, 3.8) is 0 Å². The van der Waals surface area contributed by atoms with Gasteiger partial charge in [-0.2, -0.15) is 4.31 Å². The van der Waals surface area contributed by atoms with E-state index in [1.807, 2.05) is 27.7 Å². The zero-order valence-corrected chi connectivity index (χ0v) is 17.4. The van der Waals surface area contributed by atoms with Gasteiger partial charge < -0.3 is 18.8 Å². The van der Waals surface area contributed by atoms with E-state index >= 15 is 0 Å². The molecule has 0 aliphatic carbocycles. The molecule has 0 aromatic heterocycles. The molecule has 0 radical (unpaired) electrons. The van der Waals surface area contributed by atoms with Crippen molar-refractivity contribution >= 4 is 15.6 Å². The molecule has 2 aromatic rings. The molecule has 0 saturated heterocycles. The van der Waals surface area contributed by atoms with Crippen LogP contribution in [0, 0.1) is 0 Å². The van der Waals surface area contributed by atoms with Gasteiger partial charge in [-0.25, -0.2) is 9.13 Å². The molecule has 2 aromatic carbocycles. The van der Waals surface area contributed by atoms with E-state index in [1.165, 1.54) is 24.3 Å². The molecule has 0 aliphatic rings. The maximum Gasteiger partial charge on any atom is 0.596 e. The Bertz CT molecular complexity index is 782. The average Bonchev–Trinajstić information content (AvgIpc) is 2.53. The Morgan fingerprint density at radius 1 is 0.704 bits per heavy atom. The summed E-state index contributed by atoms with van der Waals surface area (Å²) in [4.78, 5) is 18.2. The van der Waals surface area contributed by atoms with Gasteiger partial charge in [0.05, 0.1) is 0 Å². The largest absolute Gasteiger partial charge is 0.596 e. The van der Waals surface area contributed by atoms with Crippen LogP contribution in [-0.4, -0.2) is 9.79 Å². The van der Waals surface area contributed by atoms with Crippen molar-refractivity contribution in [3.8, 4) is 11.5 Å². The van der Waals surface area contributed by atoms with E-state index in [-0.39, 0.29) is 23.3 Å². The fourth-order valence-electron chi connectivity index (χ4n) is 2.27. The molecule has 0 saturated carbocycles. The van der Waals surface area contributed by atoms with Crippen LogP contribution in [0.15, 0.2) is 48.5 Å². The second kappa shape index (κ2) is 8.59. The highest BCUT2D eigenvalue weighted by atomic mass is 31.3. The van der Waals surface area contributed by atoms with Crippen molar-refractivity contribution in [1.82, 2.24) is 0 Å². The Kier molecular flexibility index (Phi) is 6.90. The minimum atomic E-state index is -5.12. The van der Waals surface area contributed by atoms with Crippen LogP contribution in [0.3, 0.4) is 0 Å². The Balaban J connectivity index is 2.26. The highest BCUT2D eigenvalue weighted by molar-refractivity contribution is 7.61. The summed E-state index contributed by atoms with van der Waals surface area (Å²) < 4.78 is 38.9. The van der Waals surface area contributed by atoms with Gasteiger partial charge in [0.15, 0.2) is 0 Å². The summed E-state index contributed by atoms with van der Waals surface area (Å²) in [5, 5.41) is 0. The summed E-state index contributed by atoms with van der Waals surface area (Å²) >= 11 is 0. The van der Waals surface area contributed by atoms with Gasteiger partial charge in [0.2, 0.25) is 0 Å². The Morgan fingerprint density at radius 3 is 1.30 bits per heavy atom. The fraction of sp³-hybridized carbons (Fsp3) is 0.333. The normalized spacial score (nSPS) is 12.4. The van der Waals surface area contributed by atoms with Crippen LogP contribution >= 0.6 is 15.6 Å². The summed E-state index contributed by atoms with van der Waals surface area (Å²) in [5.74, 6) is 0.783. The van der Waals surface area contributed by atoms with E-state index in [1.54, 1.807) is 24.3 Å². The van der Waals surface area contributed by atoms with Crippen molar-refractivity contribution in [2.45, 2.75) is 39.5 Å². The van der Waals surface area contributed by atoms with E-state index in [2.05, 4.69) is 4.31 Å². The number of rotatable bonds is 8. The van der Waals surface area contributed by atoms with E-state index in [9.17, 15) is 9.13 Å². The molecule has 0 amide bonds. The lowest BCUT2D eigenvalue weighted by molar-refractivity contribution is 0.233. The summed E-state index contributed by atoms with van der Waals surface area (Å²) in [6.07, 6.45) is 0. The first-order chi connectivity index (χ1) is 12.5. The zero-order valence-electron chi connectivity index (χ0n) is 15.6. The first-order valence-electron chi connectivity index (χ1n) is 8.43. The zero-order chi connectivity index (χ0) is 20.2. The second-order valence-corrected chi connectivity index (χ2v) is 9.54. The molecule has 0 atom stereocenters. The molecule has 7 nitrogen and oxygen atoms in total. The Labute approximate surface area is 159 Å². The van der Waals surface area contributed by atoms with Crippen LogP contribution in [0.4, 0.5) is 0 Å². The lowest BCUT2D eigenvalue weighted by atomic mass is 10.0. The first kappa shape index (κ1) is 21.7. The van der Waals surface area contributed by atoms with Crippen molar-refractivity contribution in [2.75, 3.05) is 0 Å². The van der Waals surface area contributed by atoms with Crippen molar-refractivity contribution in [3.05, 3.63) is 59.7 Å². The molecule has 2 rings (SSSR count). The third-order valence-corrected chi connectivity index (χ3v) is 6.25. The molecule has 0 spiro atoms.